The maximum Gasteiger partial charge on any atom is 0.338 e. The van der Waals surface area contributed by atoms with E-state index in [0.717, 1.165) is 24.7 Å². The summed E-state index contributed by atoms with van der Waals surface area (Å²) in [5, 5.41) is 0. The van der Waals surface area contributed by atoms with Gasteiger partial charge in [-0.25, -0.2) is 17.6 Å². The first-order valence-corrected chi connectivity index (χ1v) is 14.6. The van der Waals surface area contributed by atoms with Gasteiger partial charge in [-0.3, -0.25) is 4.79 Å². The summed E-state index contributed by atoms with van der Waals surface area (Å²) in [4.78, 5) is 12.6. The van der Waals surface area contributed by atoms with Crippen molar-refractivity contribution in [2.24, 2.45) is 35.5 Å². The summed E-state index contributed by atoms with van der Waals surface area (Å²) in [7, 11) is 0. The lowest BCUT2D eigenvalue weighted by molar-refractivity contribution is -0.140. The van der Waals surface area contributed by atoms with Crippen molar-refractivity contribution < 1.29 is 35.9 Å². The van der Waals surface area contributed by atoms with E-state index in [1.165, 1.54) is 57.8 Å². The molecule has 39 heavy (non-hydrogen) atoms. The third kappa shape index (κ3) is 7.40. The van der Waals surface area contributed by atoms with Gasteiger partial charge in [0.25, 0.3) is 0 Å². The molecule has 0 saturated heterocycles. The Balaban J connectivity index is 1.21. The van der Waals surface area contributed by atoms with E-state index in [-0.39, 0.29) is 0 Å². The molecule has 4 rings (SSSR count). The molecule has 3 saturated carbocycles. The molecule has 0 spiro atoms. The molecule has 218 valence electrons. The molecule has 0 aromatic heterocycles. The van der Waals surface area contributed by atoms with E-state index in [0.29, 0.717) is 42.7 Å². The van der Waals surface area contributed by atoms with Crippen LogP contribution in [0.25, 0.3) is 0 Å². The van der Waals surface area contributed by atoms with Crippen molar-refractivity contribution in [3.05, 3.63) is 41.5 Å². The SMILES string of the molecule is CCC1CCC(C=CC2CCC(C3CCC(C(=O)Oc4cc(F)c(C(F)(F)C(F)F)c(F)c4)CC3)CC2)CC1. The van der Waals surface area contributed by atoms with Crippen molar-refractivity contribution in [2.45, 2.75) is 103 Å². The molecule has 0 radical (unpaired) electrons. The summed E-state index contributed by atoms with van der Waals surface area (Å²) in [5.74, 6) is -6.98. The lowest BCUT2D eigenvalue weighted by atomic mass is 9.69. The topological polar surface area (TPSA) is 26.3 Å². The van der Waals surface area contributed by atoms with E-state index in [9.17, 15) is 31.1 Å². The third-order valence-corrected chi connectivity index (χ3v) is 9.55. The fraction of sp³-hybridized carbons (Fsp3) is 0.710. The predicted octanol–water partition coefficient (Wildman–Crippen LogP) is 9.61. The second-order valence-corrected chi connectivity index (χ2v) is 12.0. The summed E-state index contributed by atoms with van der Waals surface area (Å²) in [6.07, 6.45) is 15.0. The van der Waals surface area contributed by atoms with Crippen molar-refractivity contribution in [3.8, 4) is 5.75 Å². The smallest absolute Gasteiger partial charge is 0.338 e. The van der Waals surface area contributed by atoms with Gasteiger partial charge in [-0.2, -0.15) is 8.78 Å². The number of carbonyl (C=O) groups excluding carboxylic acids is 1. The Morgan fingerprint density at radius 3 is 1.77 bits per heavy atom. The van der Waals surface area contributed by atoms with Crippen LogP contribution < -0.4 is 4.74 Å². The van der Waals surface area contributed by atoms with E-state index < -0.39 is 47.2 Å². The first kappa shape index (κ1) is 30.0. The number of halogens is 6. The van der Waals surface area contributed by atoms with Gasteiger partial charge in [0, 0.05) is 12.1 Å². The number of hydrogen-bond donors (Lipinski definition) is 0. The Labute approximate surface area is 227 Å². The maximum atomic E-state index is 14.1. The highest BCUT2D eigenvalue weighted by molar-refractivity contribution is 5.75. The molecule has 1 aromatic rings. The van der Waals surface area contributed by atoms with E-state index in [1.54, 1.807) is 0 Å². The van der Waals surface area contributed by atoms with Gasteiger partial charge in [-0.1, -0.05) is 25.5 Å². The molecular weight excluding hydrogens is 518 g/mol. The number of esters is 1. The van der Waals surface area contributed by atoms with Crippen molar-refractivity contribution in [1.82, 2.24) is 0 Å². The van der Waals surface area contributed by atoms with Crippen LogP contribution in [-0.4, -0.2) is 12.4 Å². The van der Waals surface area contributed by atoms with E-state index in [1.807, 2.05) is 0 Å². The van der Waals surface area contributed by atoms with Crippen LogP contribution in [0.3, 0.4) is 0 Å². The maximum absolute atomic E-state index is 14.1. The summed E-state index contributed by atoms with van der Waals surface area (Å²) in [6.45, 7) is 2.29. The van der Waals surface area contributed by atoms with Gasteiger partial charge in [-0.05, 0) is 107 Å². The van der Waals surface area contributed by atoms with Gasteiger partial charge in [0.1, 0.15) is 17.4 Å². The zero-order valence-corrected chi connectivity index (χ0v) is 22.6. The van der Waals surface area contributed by atoms with Crippen LogP contribution in [0.1, 0.15) is 96.0 Å². The Hall–Kier alpha value is -1.99. The lowest BCUT2D eigenvalue weighted by Gasteiger charge is -2.37. The molecule has 1 aromatic carbocycles. The number of alkyl halides is 4. The van der Waals surface area contributed by atoms with E-state index >= 15 is 0 Å². The predicted molar refractivity (Wildman–Crippen MR) is 138 cm³/mol. The fourth-order valence-electron chi connectivity index (χ4n) is 6.97. The molecule has 0 aliphatic heterocycles. The normalized spacial score (nSPS) is 30.6. The zero-order chi connectivity index (χ0) is 28.2. The molecule has 0 heterocycles. The Morgan fingerprint density at radius 2 is 1.31 bits per heavy atom. The number of carbonyl (C=O) groups is 1. The van der Waals surface area contributed by atoms with Crippen LogP contribution in [0.5, 0.6) is 5.75 Å². The molecule has 3 aliphatic rings. The van der Waals surface area contributed by atoms with Crippen LogP contribution in [-0.2, 0) is 10.7 Å². The largest absolute Gasteiger partial charge is 0.426 e. The van der Waals surface area contributed by atoms with Crippen LogP contribution in [0.4, 0.5) is 26.3 Å². The highest BCUT2D eigenvalue weighted by Gasteiger charge is 2.47. The number of rotatable bonds is 8. The van der Waals surface area contributed by atoms with Crippen LogP contribution >= 0.6 is 0 Å². The van der Waals surface area contributed by atoms with E-state index in [4.69, 9.17) is 4.74 Å². The average Bonchev–Trinajstić information content (AvgIpc) is 2.92. The van der Waals surface area contributed by atoms with Crippen molar-refractivity contribution in [3.63, 3.8) is 0 Å². The van der Waals surface area contributed by atoms with Gasteiger partial charge < -0.3 is 4.74 Å². The van der Waals surface area contributed by atoms with Crippen LogP contribution in [0.2, 0.25) is 0 Å². The van der Waals surface area contributed by atoms with Gasteiger partial charge >= 0.3 is 18.3 Å². The number of allylic oxidation sites excluding steroid dienone is 2. The number of ether oxygens (including phenoxy) is 1. The minimum atomic E-state index is -4.99. The minimum Gasteiger partial charge on any atom is -0.426 e. The first-order chi connectivity index (χ1) is 18.6. The minimum absolute atomic E-state index is 0.362. The first-order valence-electron chi connectivity index (χ1n) is 14.6. The molecule has 3 aliphatic carbocycles. The zero-order valence-electron chi connectivity index (χ0n) is 22.6. The summed E-state index contributed by atoms with van der Waals surface area (Å²) in [5.41, 5.74) is -2.03. The van der Waals surface area contributed by atoms with Gasteiger partial charge in [0.2, 0.25) is 0 Å². The molecule has 0 amide bonds. The standard InChI is InChI=1S/C31H40F6O2/c1-2-19-3-5-20(6-4-19)7-8-21-9-11-22(12-10-21)23-13-15-24(16-14-23)29(38)39-25-17-26(32)28(27(33)18-25)31(36,37)30(34)35/h7-8,17-24,30H,2-6,9-16H2,1H3. The Morgan fingerprint density at radius 1 is 0.846 bits per heavy atom. The third-order valence-electron chi connectivity index (χ3n) is 9.55. The highest BCUT2D eigenvalue weighted by atomic mass is 19.3. The Bertz CT molecular complexity index is 962. The molecule has 0 bridgehead atoms. The lowest BCUT2D eigenvalue weighted by Crippen LogP contribution is -2.30. The van der Waals surface area contributed by atoms with Gasteiger partial charge in [-0.15, -0.1) is 0 Å². The number of hydrogen-bond acceptors (Lipinski definition) is 2. The van der Waals surface area contributed by atoms with Crippen LogP contribution in [0.15, 0.2) is 24.3 Å². The summed E-state index contributed by atoms with van der Waals surface area (Å²) in [6, 6.07) is 0.725. The molecule has 0 unspecified atom stereocenters. The summed E-state index contributed by atoms with van der Waals surface area (Å²) < 4.78 is 85.3. The average molecular weight is 559 g/mol. The fourth-order valence-corrected chi connectivity index (χ4v) is 6.97. The van der Waals surface area contributed by atoms with Gasteiger partial charge in [0.05, 0.1) is 11.5 Å². The Kier molecular flexibility index (Phi) is 10.1. The second kappa shape index (κ2) is 13.1. The van der Waals surface area contributed by atoms with Crippen LogP contribution in [0, 0.1) is 47.1 Å². The quantitative estimate of drug-likeness (QED) is 0.137. The van der Waals surface area contributed by atoms with Crippen molar-refractivity contribution in [2.75, 3.05) is 0 Å². The van der Waals surface area contributed by atoms with Crippen molar-refractivity contribution in [1.29, 1.82) is 0 Å². The molecule has 3 fully saturated rings. The monoisotopic (exact) mass is 558 g/mol. The molecule has 8 heteroatoms. The van der Waals surface area contributed by atoms with Gasteiger partial charge in [0.15, 0.2) is 0 Å². The molecule has 0 N–H and O–H groups in total. The molecule has 2 nitrogen and oxygen atoms in total. The molecular formula is C31H40F6O2. The second-order valence-electron chi connectivity index (χ2n) is 12.0. The van der Waals surface area contributed by atoms with Crippen molar-refractivity contribution >= 4 is 5.97 Å². The summed E-state index contributed by atoms with van der Waals surface area (Å²) >= 11 is 0. The molecule has 0 atom stereocenters. The van der Waals surface area contributed by atoms with E-state index in [2.05, 4.69) is 19.1 Å². The number of benzene rings is 1. The highest BCUT2D eigenvalue weighted by Crippen LogP contribution is 2.43.